The molecular formula is C2H6NOP. The molecule has 1 fully saturated rings. The van der Waals surface area contributed by atoms with Crippen LogP contribution in [0, 0.1) is 0 Å². The molecule has 1 aliphatic heterocycles. The van der Waals surface area contributed by atoms with Gasteiger partial charge in [0.15, 0.2) is 0 Å². The zero-order valence-corrected chi connectivity index (χ0v) is 3.82. The number of rotatable bonds is 0. The molecule has 1 saturated heterocycles. The highest BCUT2D eigenvalue weighted by Gasteiger charge is 1.92. The van der Waals surface area contributed by atoms with E-state index in [-0.39, 0.29) is 0 Å². The molecule has 0 aliphatic carbocycles. The Kier molecular flexibility index (Phi) is 1.21. The second-order valence-corrected chi connectivity index (χ2v) is 1.84. The van der Waals surface area contributed by atoms with Gasteiger partial charge in [-0.15, -0.1) is 0 Å². The first-order chi connectivity index (χ1) is 2.50. The number of hydrogen-bond acceptors (Lipinski definition) is 2. The molecule has 1 heterocycles. The van der Waals surface area contributed by atoms with Crippen LogP contribution in [0.15, 0.2) is 0 Å². The van der Waals surface area contributed by atoms with Gasteiger partial charge in [-0.2, -0.15) is 0 Å². The standard InChI is InChI=1S/C2H6NOP/c1-3-5-2-4-1/h3,5H,1-2H2. The van der Waals surface area contributed by atoms with Gasteiger partial charge in [-0.05, 0) is 8.73 Å². The molecule has 3 heteroatoms. The number of ether oxygens (including phenoxy) is 1. The molecule has 0 saturated carbocycles. The predicted octanol–water partition coefficient (Wildman–Crippen LogP) is 0.115. The van der Waals surface area contributed by atoms with Crippen LogP contribution in [-0.4, -0.2) is 13.1 Å². The van der Waals surface area contributed by atoms with Crippen molar-refractivity contribution in [1.29, 1.82) is 0 Å². The average Bonchev–Trinajstić information content (AvgIpc) is 1.76. The second-order valence-electron chi connectivity index (χ2n) is 0.846. The minimum Gasteiger partial charge on any atom is -0.360 e. The van der Waals surface area contributed by atoms with Crippen LogP contribution in [0.3, 0.4) is 0 Å². The largest absolute Gasteiger partial charge is 0.360 e. The molecule has 0 amide bonds. The zero-order valence-electron chi connectivity index (χ0n) is 2.82. The minimum absolute atomic E-state index is 0.762. The van der Waals surface area contributed by atoms with Gasteiger partial charge >= 0.3 is 0 Å². The Labute approximate surface area is 32.7 Å². The first-order valence-corrected chi connectivity index (χ1v) is 2.74. The molecule has 0 spiro atoms. The molecule has 1 N–H and O–H groups in total. The van der Waals surface area contributed by atoms with Crippen molar-refractivity contribution in [2.45, 2.75) is 0 Å². The third-order valence-corrected chi connectivity index (χ3v) is 1.22. The molecule has 30 valence electrons. The fraction of sp³-hybridized carbons (Fsp3) is 1.00. The highest BCUT2D eigenvalue weighted by atomic mass is 31.1. The fourth-order valence-corrected chi connectivity index (χ4v) is 0.765. The molecule has 1 atom stereocenters. The van der Waals surface area contributed by atoms with Gasteiger partial charge < -0.3 is 4.74 Å². The van der Waals surface area contributed by atoms with Crippen LogP contribution in [0.4, 0.5) is 0 Å². The zero-order chi connectivity index (χ0) is 3.54. The van der Waals surface area contributed by atoms with Gasteiger partial charge in [0, 0.05) is 0 Å². The van der Waals surface area contributed by atoms with Crippen molar-refractivity contribution < 1.29 is 4.74 Å². The van der Waals surface area contributed by atoms with Crippen molar-refractivity contribution in [2.75, 3.05) is 13.1 Å². The summed E-state index contributed by atoms with van der Waals surface area (Å²) in [7, 11) is 0.836. The molecule has 0 radical (unpaired) electrons. The van der Waals surface area contributed by atoms with E-state index in [0.717, 1.165) is 21.8 Å². The SMILES string of the molecule is C1NPCO1. The van der Waals surface area contributed by atoms with Gasteiger partial charge in [-0.3, -0.25) is 5.09 Å². The van der Waals surface area contributed by atoms with Crippen LogP contribution in [0.5, 0.6) is 0 Å². The highest BCUT2D eigenvalue weighted by Crippen LogP contribution is 2.07. The van der Waals surface area contributed by atoms with Crippen molar-refractivity contribution in [3.63, 3.8) is 0 Å². The molecule has 1 aliphatic rings. The summed E-state index contributed by atoms with van der Waals surface area (Å²) >= 11 is 0. The smallest absolute Gasteiger partial charge is 0.100 e. The van der Waals surface area contributed by atoms with E-state index >= 15 is 0 Å². The summed E-state index contributed by atoms with van der Waals surface area (Å²) in [6.45, 7) is 0.762. The third-order valence-electron chi connectivity index (χ3n) is 0.473. The van der Waals surface area contributed by atoms with Crippen LogP contribution in [-0.2, 0) is 4.74 Å². The maximum Gasteiger partial charge on any atom is 0.100 e. The van der Waals surface area contributed by atoms with Crippen molar-refractivity contribution in [3.05, 3.63) is 0 Å². The van der Waals surface area contributed by atoms with Gasteiger partial charge in [-0.1, -0.05) is 0 Å². The van der Waals surface area contributed by atoms with Crippen molar-refractivity contribution >= 4 is 8.73 Å². The van der Waals surface area contributed by atoms with Gasteiger partial charge in [0.25, 0.3) is 0 Å². The Morgan fingerprint density at radius 1 is 1.80 bits per heavy atom. The van der Waals surface area contributed by atoms with E-state index in [1.807, 2.05) is 0 Å². The first-order valence-electron chi connectivity index (χ1n) is 1.53. The predicted molar refractivity (Wildman–Crippen MR) is 22.3 cm³/mol. The molecule has 2 nitrogen and oxygen atoms in total. The van der Waals surface area contributed by atoms with E-state index in [0.29, 0.717) is 0 Å². The molecule has 1 rings (SSSR count). The molecule has 5 heavy (non-hydrogen) atoms. The van der Waals surface area contributed by atoms with Gasteiger partial charge in [0.1, 0.15) is 6.73 Å². The van der Waals surface area contributed by atoms with Crippen LogP contribution < -0.4 is 5.09 Å². The lowest BCUT2D eigenvalue weighted by molar-refractivity contribution is 0.201. The Hall–Kier alpha value is 0.350. The average molecular weight is 91.0 g/mol. The van der Waals surface area contributed by atoms with E-state index < -0.39 is 0 Å². The quantitative estimate of drug-likeness (QED) is 0.427. The Morgan fingerprint density at radius 3 is 3.00 bits per heavy atom. The van der Waals surface area contributed by atoms with Crippen LogP contribution >= 0.6 is 8.73 Å². The number of nitrogens with one attached hydrogen (secondary N) is 1. The monoisotopic (exact) mass is 91.0 g/mol. The van der Waals surface area contributed by atoms with Gasteiger partial charge in [0.2, 0.25) is 0 Å². The van der Waals surface area contributed by atoms with Crippen LogP contribution in [0.1, 0.15) is 0 Å². The lowest BCUT2D eigenvalue weighted by Gasteiger charge is -1.76. The fourth-order valence-electron chi connectivity index (χ4n) is 0.255. The van der Waals surface area contributed by atoms with Crippen molar-refractivity contribution in [3.8, 4) is 0 Å². The summed E-state index contributed by atoms with van der Waals surface area (Å²) in [6, 6.07) is 0. The molecular weight excluding hydrogens is 85.0 g/mol. The number of hydrogen-bond donors (Lipinski definition) is 1. The summed E-state index contributed by atoms with van der Waals surface area (Å²) in [5.74, 6) is 0. The molecule has 1 unspecified atom stereocenters. The summed E-state index contributed by atoms with van der Waals surface area (Å²) < 4.78 is 4.85. The topological polar surface area (TPSA) is 21.3 Å². The van der Waals surface area contributed by atoms with Crippen molar-refractivity contribution in [2.24, 2.45) is 0 Å². The minimum atomic E-state index is 0.762. The Bertz CT molecular complexity index is 21.2. The second kappa shape index (κ2) is 1.71. The Balaban J connectivity index is 2.08. The van der Waals surface area contributed by atoms with E-state index in [9.17, 15) is 0 Å². The molecule has 0 aromatic carbocycles. The van der Waals surface area contributed by atoms with Gasteiger partial charge in [-0.25, -0.2) is 0 Å². The molecule has 0 aromatic heterocycles. The maximum absolute atomic E-state index is 4.85. The van der Waals surface area contributed by atoms with Crippen LogP contribution in [0.2, 0.25) is 0 Å². The maximum atomic E-state index is 4.85. The lowest BCUT2D eigenvalue weighted by atomic mass is 11.3. The highest BCUT2D eigenvalue weighted by molar-refractivity contribution is 7.35. The summed E-state index contributed by atoms with van der Waals surface area (Å²) in [4.78, 5) is 0. The Morgan fingerprint density at radius 2 is 2.80 bits per heavy atom. The first kappa shape index (κ1) is 3.54. The van der Waals surface area contributed by atoms with Crippen molar-refractivity contribution in [1.82, 2.24) is 5.09 Å². The third kappa shape index (κ3) is 0.839. The molecule has 0 aromatic rings. The van der Waals surface area contributed by atoms with E-state index in [2.05, 4.69) is 5.09 Å². The lowest BCUT2D eigenvalue weighted by Crippen LogP contribution is -1.93. The molecule has 0 bridgehead atoms. The summed E-state index contributed by atoms with van der Waals surface area (Å²) in [6.07, 6.45) is 0.917. The van der Waals surface area contributed by atoms with E-state index in [1.165, 1.54) is 0 Å². The summed E-state index contributed by atoms with van der Waals surface area (Å²) in [5, 5.41) is 3.03. The van der Waals surface area contributed by atoms with Crippen LogP contribution in [0.25, 0.3) is 0 Å². The van der Waals surface area contributed by atoms with E-state index in [1.54, 1.807) is 0 Å². The van der Waals surface area contributed by atoms with E-state index in [4.69, 9.17) is 4.74 Å². The summed E-state index contributed by atoms with van der Waals surface area (Å²) in [5.41, 5.74) is 0. The normalized spacial score (nSPS) is 28.8. The van der Waals surface area contributed by atoms with Gasteiger partial charge in [0.05, 0.1) is 6.35 Å².